The molecule has 1 aliphatic carbocycles. The fourth-order valence-corrected chi connectivity index (χ4v) is 4.47. The van der Waals surface area contributed by atoms with Crippen molar-refractivity contribution >= 4 is 0 Å². The Bertz CT molecular complexity index is 868. The Morgan fingerprint density at radius 1 is 0.900 bits per heavy atom. The first-order valence-electron chi connectivity index (χ1n) is 10.9. The zero-order valence-electron chi connectivity index (χ0n) is 17.8. The van der Waals surface area contributed by atoms with Crippen LogP contribution in [0.15, 0.2) is 18.2 Å². The molecule has 0 saturated heterocycles. The molecule has 30 heavy (non-hydrogen) atoms. The maximum absolute atomic E-state index is 14.8. The monoisotopic (exact) mass is 424 g/mol. The maximum Gasteiger partial charge on any atom is 0.170 e. The lowest BCUT2D eigenvalue weighted by atomic mass is 9.76. The zero-order chi connectivity index (χ0) is 22.0. The lowest BCUT2D eigenvalue weighted by Gasteiger charge is -2.29. The van der Waals surface area contributed by atoms with Gasteiger partial charge in [-0.3, -0.25) is 0 Å². The Kier molecular flexibility index (Phi) is 7.20. The highest BCUT2D eigenvalue weighted by Crippen LogP contribution is 2.40. The van der Waals surface area contributed by atoms with Crippen molar-refractivity contribution < 1.29 is 22.0 Å². The molecule has 0 N–H and O–H groups in total. The van der Waals surface area contributed by atoms with Crippen molar-refractivity contribution in [2.24, 2.45) is 11.8 Å². The Hall–Kier alpha value is -1.91. The molecule has 1 unspecified atom stereocenters. The normalized spacial score (nSPS) is 20.4. The van der Waals surface area contributed by atoms with Crippen LogP contribution < -0.4 is 0 Å². The molecule has 3 rings (SSSR count). The van der Waals surface area contributed by atoms with E-state index in [1.54, 1.807) is 6.07 Å². The van der Waals surface area contributed by atoms with Gasteiger partial charge in [-0.2, -0.15) is 0 Å². The van der Waals surface area contributed by atoms with Crippen LogP contribution in [0.1, 0.15) is 75.8 Å². The average Bonchev–Trinajstić information content (AvgIpc) is 2.76. The Morgan fingerprint density at radius 2 is 1.50 bits per heavy atom. The van der Waals surface area contributed by atoms with Gasteiger partial charge in [-0.15, -0.1) is 0 Å². The summed E-state index contributed by atoms with van der Waals surface area (Å²) in [6, 6.07) is 4.11. The topological polar surface area (TPSA) is 0 Å². The zero-order valence-corrected chi connectivity index (χ0v) is 17.8. The number of benzene rings is 2. The lowest BCUT2D eigenvalue weighted by molar-refractivity contribution is 0.288. The lowest BCUT2D eigenvalue weighted by Crippen LogP contribution is -2.14. The van der Waals surface area contributed by atoms with Crippen LogP contribution in [0.3, 0.4) is 0 Å². The molecule has 0 radical (unpaired) electrons. The van der Waals surface area contributed by atoms with E-state index in [2.05, 4.69) is 13.8 Å². The minimum absolute atomic E-state index is 0.189. The highest BCUT2D eigenvalue weighted by molar-refractivity contribution is 5.67. The Balaban J connectivity index is 1.76. The van der Waals surface area contributed by atoms with Crippen LogP contribution in [-0.4, -0.2) is 0 Å². The molecule has 1 atom stereocenters. The summed E-state index contributed by atoms with van der Waals surface area (Å²) in [5.74, 6) is -5.38. The van der Waals surface area contributed by atoms with Gasteiger partial charge >= 0.3 is 0 Å². The second-order valence-electron chi connectivity index (χ2n) is 8.80. The summed E-state index contributed by atoms with van der Waals surface area (Å²) in [7, 11) is 0. The van der Waals surface area contributed by atoms with E-state index in [0.29, 0.717) is 5.92 Å². The second kappa shape index (κ2) is 9.49. The average molecular weight is 424 g/mol. The summed E-state index contributed by atoms with van der Waals surface area (Å²) in [4.78, 5) is 0. The molecule has 0 aliphatic heterocycles. The molecule has 1 saturated carbocycles. The molecule has 0 spiro atoms. The first-order chi connectivity index (χ1) is 14.2. The highest BCUT2D eigenvalue weighted by atomic mass is 19.2. The SMILES string of the molecule is CCC(C)CCC1CCC(c2ccc(-c3c(F)c(F)c(C)c(F)c3F)c(F)c2)CC1. The van der Waals surface area contributed by atoms with E-state index < -0.39 is 45.8 Å². The largest absolute Gasteiger partial charge is 0.206 e. The molecule has 0 heterocycles. The van der Waals surface area contributed by atoms with E-state index in [-0.39, 0.29) is 5.92 Å². The Morgan fingerprint density at radius 3 is 2.03 bits per heavy atom. The molecule has 1 fully saturated rings. The van der Waals surface area contributed by atoms with Crippen molar-refractivity contribution in [1.82, 2.24) is 0 Å². The Labute approximate surface area is 175 Å². The quantitative estimate of drug-likeness (QED) is 0.322. The standard InChI is InChI=1S/C25H29F5/c1-4-14(2)5-6-16-7-9-17(10-8-16)18-11-12-19(20(26)13-18)21-24(29)22(27)15(3)23(28)25(21)30/h11-14,16-17H,4-10H2,1-3H3. The van der Waals surface area contributed by atoms with E-state index in [1.807, 2.05) is 0 Å². The minimum Gasteiger partial charge on any atom is -0.206 e. The van der Waals surface area contributed by atoms with Gasteiger partial charge in [0.15, 0.2) is 23.3 Å². The van der Waals surface area contributed by atoms with E-state index >= 15 is 0 Å². The summed E-state index contributed by atoms with van der Waals surface area (Å²) in [6.07, 6.45) is 7.70. The number of hydrogen-bond donors (Lipinski definition) is 0. The van der Waals surface area contributed by atoms with Crippen LogP contribution in [-0.2, 0) is 0 Å². The molecular formula is C25H29F5. The van der Waals surface area contributed by atoms with Gasteiger partial charge < -0.3 is 0 Å². The van der Waals surface area contributed by atoms with Crippen molar-refractivity contribution in [3.05, 3.63) is 58.4 Å². The van der Waals surface area contributed by atoms with Gasteiger partial charge in [-0.05, 0) is 62.0 Å². The molecule has 0 bridgehead atoms. The molecular weight excluding hydrogens is 395 g/mol. The fourth-order valence-electron chi connectivity index (χ4n) is 4.47. The van der Waals surface area contributed by atoms with Gasteiger partial charge in [0.2, 0.25) is 0 Å². The number of halogens is 5. The van der Waals surface area contributed by atoms with Gasteiger partial charge in [0.1, 0.15) is 5.82 Å². The van der Waals surface area contributed by atoms with Crippen molar-refractivity contribution in [2.45, 2.75) is 71.6 Å². The molecule has 2 aromatic carbocycles. The fraction of sp³-hybridized carbons (Fsp3) is 0.520. The summed E-state index contributed by atoms with van der Waals surface area (Å²) in [5, 5.41) is 0. The molecule has 5 heteroatoms. The van der Waals surface area contributed by atoms with E-state index in [4.69, 9.17) is 0 Å². The van der Waals surface area contributed by atoms with Gasteiger partial charge in [-0.25, -0.2) is 22.0 Å². The molecule has 0 aromatic heterocycles. The van der Waals surface area contributed by atoms with Crippen LogP contribution >= 0.6 is 0 Å². The minimum atomic E-state index is -1.57. The number of rotatable bonds is 6. The number of hydrogen-bond acceptors (Lipinski definition) is 0. The first-order valence-corrected chi connectivity index (χ1v) is 10.9. The van der Waals surface area contributed by atoms with Crippen LogP contribution in [0.4, 0.5) is 22.0 Å². The van der Waals surface area contributed by atoms with Crippen molar-refractivity contribution in [3.63, 3.8) is 0 Å². The third kappa shape index (κ3) is 4.55. The van der Waals surface area contributed by atoms with Crippen LogP contribution in [0.5, 0.6) is 0 Å². The third-order valence-corrected chi connectivity index (χ3v) is 6.83. The summed E-state index contributed by atoms with van der Waals surface area (Å²) >= 11 is 0. The molecule has 2 aromatic rings. The highest BCUT2D eigenvalue weighted by Gasteiger charge is 2.27. The second-order valence-corrected chi connectivity index (χ2v) is 8.80. The molecule has 1 aliphatic rings. The van der Waals surface area contributed by atoms with Crippen LogP contribution in [0, 0.1) is 47.8 Å². The van der Waals surface area contributed by atoms with Gasteiger partial charge in [0.05, 0.1) is 5.56 Å². The summed E-state index contributed by atoms with van der Waals surface area (Å²) in [6.45, 7) is 5.42. The van der Waals surface area contributed by atoms with Gasteiger partial charge in [0.25, 0.3) is 0 Å². The predicted molar refractivity (Wildman–Crippen MR) is 110 cm³/mol. The third-order valence-electron chi connectivity index (χ3n) is 6.83. The van der Waals surface area contributed by atoms with Crippen molar-refractivity contribution in [1.29, 1.82) is 0 Å². The van der Waals surface area contributed by atoms with E-state index in [0.717, 1.165) is 44.1 Å². The predicted octanol–water partition coefficient (Wildman–Crippen LogP) is 8.46. The summed E-state index contributed by atoms with van der Waals surface area (Å²) in [5.41, 5.74) is -1.44. The summed E-state index contributed by atoms with van der Waals surface area (Å²) < 4.78 is 71.1. The molecule has 164 valence electrons. The molecule has 0 nitrogen and oxygen atoms in total. The van der Waals surface area contributed by atoms with Gasteiger partial charge in [-0.1, -0.05) is 45.2 Å². The van der Waals surface area contributed by atoms with Crippen molar-refractivity contribution in [3.8, 4) is 11.1 Å². The van der Waals surface area contributed by atoms with E-state index in [1.165, 1.54) is 31.4 Å². The van der Waals surface area contributed by atoms with Crippen molar-refractivity contribution in [2.75, 3.05) is 0 Å². The first kappa shape index (κ1) is 22.8. The van der Waals surface area contributed by atoms with Crippen LogP contribution in [0.25, 0.3) is 11.1 Å². The smallest absolute Gasteiger partial charge is 0.170 e. The maximum atomic E-state index is 14.8. The van der Waals surface area contributed by atoms with Gasteiger partial charge in [0, 0.05) is 11.1 Å². The van der Waals surface area contributed by atoms with Crippen LogP contribution in [0.2, 0.25) is 0 Å². The van der Waals surface area contributed by atoms with E-state index in [9.17, 15) is 22.0 Å². The molecule has 0 amide bonds.